The van der Waals surface area contributed by atoms with E-state index in [-0.39, 0.29) is 0 Å². The molecule has 4 heterocycles. The van der Waals surface area contributed by atoms with Crippen molar-refractivity contribution in [1.29, 1.82) is 0 Å². The van der Waals surface area contributed by atoms with Gasteiger partial charge in [0.05, 0.1) is 9.75 Å². The molecule has 0 radical (unpaired) electrons. The van der Waals surface area contributed by atoms with Gasteiger partial charge in [-0.25, -0.2) is 0 Å². The minimum Gasteiger partial charge on any atom is -0.143 e. The highest BCUT2D eigenvalue weighted by Gasteiger charge is 2.19. The van der Waals surface area contributed by atoms with Gasteiger partial charge in [0.25, 0.3) is 0 Å². The lowest BCUT2D eigenvalue weighted by Gasteiger charge is -2.13. The number of aryl methyl sites for hydroxylation is 4. The molecule has 6 aromatic rings. The predicted octanol–water partition coefficient (Wildman–Crippen LogP) is 16.4. The SMILES string of the molecule is CCCCCCc1c(CCCCCC)c2sc(C#Cc3cc4c(s3)c(CCCCCC)c(CCCCCC)c3sccc34)cc2c2ccsc12. The fraction of sp³-hybridized carbons (Fsp3) is 0.522. The van der Waals surface area contributed by atoms with E-state index in [1.807, 2.05) is 45.3 Å². The summed E-state index contributed by atoms with van der Waals surface area (Å²) in [7, 11) is 0. The Labute approximate surface area is 318 Å². The van der Waals surface area contributed by atoms with Crippen molar-refractivity contribution in [3.05, 3.63) is 67.0 Å². The van der Waals surface area contributed by atoms with Crippen LogP contribution in [0.3, 0.4) is 0 Å². The Morgan fingerprint density at radius 1 is 0.400 bits per heavy atom. The maximum Gasteiger partial charge on any atom is 0.0785 e. The molecule has 0 saturated heterocycles. The molecule has 0 atom stereocenters. The van der Waals surface area contributed by atoms with E-state index in [4.69, 9.17) is 0 Å². The molecule has 0 aliphatic carbocycles. The molecule has 50 heavy (non-hydrogen) atoms. The molecular formula is C46H58S4. The first-order valence-corrected chi connectivity index (χ1v) is 23.5. The van der Waals surface area contributed by atoms with Gasteiger partial charge < -0.3 is 0 Å². The largest absolute Gasteiger partial charge is 0.143 e. The Hall–Kier alpha value is -2.16. The zero-order chi connectivity index (χ0) is 34.7. The van der Waals surface area contributed by atoms with Gasteiger partial charge in [-0.2, -0.15) is 0 Å². The number of unbranched alkanes of at least 4 members (excludes halogenated alkanes) is 12. The van der Waals surface area contributed by atoms with Crippen LogP contribution >= 0.6 is 45.3 Å². The van der Waals surface area contributed by atoms with Gasteiger partial charge in [-0.05, 0) is 120 Å². The van der Waals surface area contributed by atoms with Gasteiger partial charge in [-0.3, -0.25) is 0 Å². The molecule has 0 nitrogen and oxygen atoms in total. The number of hydrogen-bond acceptors (Lipinski definition) is 4. The summed E-state index contributed by atoms with van der Waals surface area (Å²) >= 11 is 7.86. The summed E-state index contributed by atoms with van der Waals surface area (Å²) in [4.78, 5) is 2.44. The van der Waals surface area contributed by atoms with Gasteiger partial charge >= 0.3 is 0 Å². The van der Waals surface area contributed by atoms with Crippen LogP contribution in [-0.4, -0.2) is 0 Å². The lowest BCUT2D eigenvalue weighted by molar-refractivity contribution is 0.654. The fourth-order valence-corrected chi connectivity index (χ4v) is 12.2. The number of benzene rings is 2. The van der Waals surface area contributed by atoms with E-state index in [0.717, 1.165) is 0 Å². The summed E-state index contributed by atoms with van der Waals surface area (Å²) in [6.45, 7) is 9.28. The molecule has 2 aromatic carbocycles. The van der Waals surface area contributed by atoms with Gasteiger partial charge in [0.1, 0.15) is 0 Å². The number of hydrogen-bond donors (Lipinski definition) is 0. The van der Waals surface area contributed by atoms with Gasteiger partial charge in [-0.1, -0.05) is 105 Å². The molecule has 0 N–H and O–H groups in total. The summed E-state index contributed by atoms with van der Waals surface area (Å²) in [5.74, 6) is 7.44. The second-order valence-electron chi connectivity index (χ2n) is 14.4. The molecular weight excluding hydrogens is 681 g/mol. The van der Waals surface area contributed by atoms with Crippen molar-refractivity contribution in [2.45, 2.75) is 156 Å². The van der Waals surface area contributed by atoms with E-state index < -0.39 is 0 Å². The van der Waals surface area contributed by atoms with E-state index in [2.05, 4.69) is 74.6 Å². The third-order valence-corrected chi connectivity index (χ3v) is 14.8. The molecule has 4 heteroatoms. The van der Waals surface area contributed by atoms with Crippen molar-refractivity contribution in [1.82, 2.24) is 0 Å². The third-order valence-electron chi connectivity index (χ3n) is 10.6. The maximum absolute atomic E-state index is 3.72. The van der Waals surface area contributed by atoms with Crippen molar-refractivity contribution in [2.24, 2.45) is 0 Å². The first-order chi connectivity index (χ1) is 24.7. The molecule has 0 aliphatic heterocycles. The molecule has 0 saturated carbocycles. The first kappa shape index (κ1) is 37.6. The van der Waals surface area contributed by atoms with Crippen LogP contribution in [0.25, 0.3) is 40.3 Å². The molecule has 0 bridgehead atoms. The van der Waals surface area contributed by atoms with E-state index in [1.165, 1.54) is 179 Å². The second kappa shape index (κ2) is 19.1. The lowest BCUT2D eigenvalue weighted by Crippen LogP contribution is -1.97. The molecule has 0 unspecified atom stereocenters. The molecule has 0 spiro atoms. The summed E-state index contributed by atoms with van der Waals surface area (Å²) in [6.07, 6.45) is 25.9. The Bertz CT molecular complexity index is 1890. The smallest absolute Gasteiger partial charge is 0.0785 e. The van der Waals surface area contributed by atoms with E-state index in [9.17, 15) is 0 Å². The highest BCUT2D eigenvalue weighted by atomic mass is 32.1. The van der Waals surface area contributed by atoms with Crippen LogP contribution < -0.4 is 0 Å². The maximum atomic E-state index is 3.72. The topological polar surface area (TPSA) is 0 Å². The Balaban J connectivity index is 1.38. The zero-order valence-electron chi connectivity index (χ0n) is 31.2. The van der Waals surface area contributed by atoms with Crippen LogP contribution in [0.1, 0.15) is 162 Å². The number of fused-ring (bicyclic) bond motifs is 6. The first-order valence-electron chi connectivity index (χ1n) is 20.1. The van der Waals surface area contributed by atoms with Crippen LogP contribution in [-0.2, 0) is 25.7 Å². The quantitative estimate of drug-likeness (QED) is 0.0540. The average molecular weight is 739 g/mol. The Kier molecular flexibility index (Phi) is 14.3. The summed E-state index contributed by atoms with van der Waals surface area (Å²) < 4.78 is 6.11. The zero-order valence-corrected chi connectivity index (χ0v) is 34.5. The van der Waals surface area contributed by atoms with Crippen LogP contribution in [0.2, 0.25) is 0 Å². The van der Waals surface area contributed by atoms with E-state index in [0.29, 0.717) is 0 Å². The normalized spacial score (nSPS) is 11.8. The van der Waals surface area contributed by atoms with Crippen LogP contribution in [0.15, 0.2) is 35.0 Å². The Morgan fingerprint density at radius 3 is 1.08 bits per heavy atom. The third kappa shape index (κ3) is 8.71. The minimum absolute atomic E-state index is 1.20. The molecule has 0 fully saturated rings. The summed E-state index contributed by atoms with van der Waals surface area (Å²) in [5.41, 5.74) is 6.58. The average Bonchev–Trinajstić information content (AvgIpc) is 3.94. The van der Waals surface area contributed by atoms with Crippen LogP contribution in [0.5, 0.6) is 0 Å². The molecule has 0 aliphatic rings. The lowest BCUT2D eigenvalue weighted by atomic mass is 9.93. The van der Waals surface area contributed by atoms with Crippen molar-refractivity contribution < 1.29 is 0 Å². The highest BCUT2D eigenvalue weighted by Crippen LogP contribution is 2.43. The van der Waals surface area contributed by atoms with Gasteiger partial charge in [0, 0.05) is 40.3 Å². The van der Waals surface area contributed by atoms with Gasteiger partial charge in [0.2, 0.25) is 0 Å². The van der Waals surface area contributed by atoms with Crippen molar-refractivity contribution in [3.63, 3.8) is 0 Å². The second-order valence-corrected chi connectivity index (χ2v) is 18.4. The predicted molar refractivity (Wildman–Crippen MR) is 232 cm³/mol. The van der Waals surface area contributed by atoms with Crippen molar-refractivity contribution >= 4 is 85.7 Å². The van der Waals surface area contributed by atoms with Crippen molar-refractivity contribution in [2.75, 3.05) is 0 Å². The van der Waals surface area contributed by atoms with Crippen molar-refractivity contribution in [3.8, 4) is 11.8 Å². The molecule has 4 aromatic heterocycles. The minimum atomic E-state index is 1.20. The number of rotatable bonds is 20. The number of thiophene rings is 4. The molecule has 266 valence electrons. The van der Waals surface area contributed by atoms with Crippen LogP contribution in [0, 0.1) is 11.8 Å². The molecule has 6 rings (SSSR count). The highest BCUT2D eigenvalue weighted by molar-refractivity contribution is 7.21. The Morgan fingerprint density at radius 2 is 0.740 bits per heavy atom. The fourth-order valence-electron chi connectivity index (χ4n) is 7.91. The summed E-state index contributed by atoms with van der Waals surface area (Å²) in [5, 5.41) is 10.4. The standard InChI is InChI=1S/C46H58S4/c1-5-9-13-17-21-35-37(23-19-15-11-7-3)45-41(39-27-29-47-43(35)39)31-33(49-45)25-26-34-32-42-40-28-30-48-44(40)36(22-18-14-10-6-2)38(46(42)50-34)24-20-16-12-8-4/h27-32H,5-24H2,1-4H3. The van der Waals surface area contributed by atoms with E-state index in [1.54, 1.807) is 22.3 Å². The van der Waals surface area contributed by atoms with Crippen LogP contribution in [0.4, 0.5) is 0 Å². The van der Waals surface area contributed by atoms with Gasteiger partial charge in [0.15, 0.2) is 0 Å². The molecule has 0 amide bonds. The van der Waals surface area contributed by atoms with Gasteiger partial charge in [-0.15, -0.1) is 45.3 Å². The van der Waals surface area contributed by atoms with E-state index >= 15 is 0 Å². The summed E-state index contributed by atoms with van der Waals surface area (Å²) in [6, 6.07) is 9.61. The monoisotopic (exact) mass is 738 g/mol.